The van der Waals surface area contributed by atoms with Crippen LogP contribution in [0.25, 0.3) is 0 Å². The molecule has 0 aliphatic rings. The molecule has 2 amide bonds. The van der Waals surface area contributed by atoms with Crippen LogP contribution >= 0.6 is 30.8 Å². The zero-order valence-corrected chi connectivity index (χ0v) is 17.4. The Kier molecular flexibility index (Phi) is 8.14. The summed E-state index contributed by atoms with van der Waals surface area (Å²) in [4.78, 5) is 12.5. The molecule has 2 aromatic carbocycles. The van der Waals surface area contributed by atoms with Crippen molar-refractivity contribution in [3.05, 3.63) is 64.1 Å². The smallest absolute Gasteiger partial charge is 0.320 e. The molecule has 0 spiro atoms. The second-order valence-electron chi connectivity index (χ2n) is 5.42. The van der Waals surface area contributed by atoms with Crippen molar-refractivity contribution in [1.82, 2.24) is 5.32 Å². The molecule has 2 aromatic rings. The van der Waals surface area contributed by atoms with Crippen molar-refractivity contribution in [3.8, 4) is 0 Å². The Morgan fingerprint density at radius 1 is 1.04 bits per heavy atom. The maximum absolute atomic E-state index is 13.3. The van der Waals surface area contributed by atoms with Gasteiger partial charge in [-0.2, -0.15) is 0 Å². The summed E-state index contributed by atoms with van der Waals surface area (Å²) in [6.07, 6.45) is 0. The number of halogens is 2. The molecule has 0 aromatic heterocycles. The highest BCUT2D eigenvalue weighted by atomic mass is 35.5. The molecule has 1 unspecified atom stereocenters. The number of rotatable bonds is 8. The first-order valence-corrected chi connectivity index (χ1v) is 10.7. The highest BCUT2D eigenvalue weighted by Crippen LogP contribution is 2.59. The number of amides is 2. The minimum Gasteiger partial charge on any atom is -0.320 e. The molecule has 1 atom stereocenters. The zero-order valence-electron chi connectivity index (χ0n) is 14.9. The molecule has 146 valence electrons. The minimum absolute atomic E-state index is 0.177. The minimum atomic E-state index is -3.65. The SMILES string of the molecule is CCOP(=O)(OCC)C(NC(=O)Nc1ccc(Cl)c(Cl)c1)c1ccccc1. The van der Waals surface area contributed by atoms with Gasteiger partial charge < -0.3 is 19.7 Å². The molecule has 0 bridgehead atoms. The molecule has 0 saturated heterocycles. The maximum atomic E-state index is 13.3. The van der Waals surface area contributed by atoms with Gasteiger partial charge in [0.05, 0.1) is 23.3 Å². The molecule has 2 rings (SSSR count). The first kappa shape index (κ1) is 21.7. The largest absolute Gasteiger partial charge is 0.357 e. The summed E-state index contributed by atoms with van der Waals surface area (Å²) in [5, 5.41) is 6.01. The first-order chi connectivity index (χ1) is 12.9. The Bertz CT molecular complexity index is 810. The summed E-state index contributed by atoms with van der Waals surface area (Å²) in [7, 11) is -3.65. The number of hydrogen-bond donors (Lipinski definition) is 2. The lowest BCUT2D eigenvalue weighted by atomic mass is 10.2. The summed E-state index contributed by atoms with van der Waals surface area (Å²) in [6, 6.07) is 13.0. The van der Waals surface area contributed by atoms with Crippen molar-refractivity contribution in [2.75, 3.05) is 18.5 Å². The lowest BCUT2D eigenvalue weighted by Crippen LogP contribution is -2.33. The normalized spacial score (nSPS) is 12.4. The van der Waals surface area contributed by atoms with Crippen LogP contribution in [0.3, 0.4) is 0 Å². The van der Waals surface area contributed by atoms with Crippen LogP contribution in [-0.2, 0) is 13.6 Å². The lowest BCUT2D eigenvalue weighted by Gasteiger charge is -2.27. The Hall–Kier alpha value is -1.56. The predicted octanol–water partition coefficient (Wildman–Crippen LogP) is 6.08. The molecule has 0 aliphatic heterocycles. The van der Waals surface area contributed by atoms with Crippen molar-refractivity contribution >= 4 is 42.5 Å². The van der Waals surface area contributed by atoms with Gasteiger partial charge in [-0.1, -0.05) is 53.5 Å². The van der Waals surface area contributed by atoms with Crippen molar-refractivity contribution in [2.24, 2.45) is 0 Å². The number of carbonyl (C=O) groups is 1. The van der Waals surface area contributed by atoms with E-state index in [1.165, 1.54) is 6.07 Å². The van der Waals surface area contributed by atoms with E-state index in [0.717, 1.165) is 0 Å². The summed E-state index contributed by atoms with van der Waals surface area (Å²) < 4.78 is 24.1. The number of benzene rings is 2. The maximum Gasteiger partial charge on any atom is 0.357 e. The first-order valence-electron chi connectivity index (χ1n) is 8.36. The number of anilines is 1. The summed E-state index contributed by atoms with van der Waals surface area (Å²) >= 11 is 11.8. The fourth-order valence-electron chi connectivity index (χ4n) is 2.39. The van der Waals surface area contributed by atoms with Crippen molar-refractivity contribution in [1.29, 1.82) is 0 Å². The summed E-state index contributed by atoms with van der Waals surface area (Å²) in [6.45, 7) is 3.78. The van der Waals surface area contributed by atoms with Crippen LogP contribution in [0.5, 0.6) is 0 Å². The van der Waals surface area contributed by atoms with Crippen molar-refractivity contribution in [3.63, 3.8) is 0 Å². The second kappa shape index (κ2) is 10.1. The third-order valence-corrected chi connectivity index (χ3v) is 6.53. The van der Waals surface area contributed by atoms with E-state index in [9.17, 15) is 9.36 Å². The van der Waals surface area contributed by atoms with E-state index < -0.39 is 19.4 Å². The second-order valence-corrected chi connectivity index (χ2v) is 8.34. The van der Waals surface area contributed by atoms with Gasteiger partial charge >= 0.3 is 13.6 Å². The molecule has 0 fully saturated rings. The van der Waals surface area contributed by atoms with E-state index in [1.807, 2.05) is 6.07 Å². The monoisotopic (exact) mass is 430 g/mol. The Morgan fingerprint density at radius 3 is 2.22 bits per heavy atom. The summed E-state index contributed by atoms with van der Waals surface area (Å²) in [5.41, 5.74) is 1.04. The average molecular weight is 431 g/mol. The topological polar surface area (TPSA) is 76.7 Å². The van der Waals surface area contributed by atoms with Gasteiger partial charge in [-0.25, -0.2) is 4.79 Å². The molecule has 0 heterocycles. The van der Waals surface area contributed by atoms with Gasteiger partial charge in [-0.15, -0.1) is 0 Å². The van der Waals surface area contributed by atoms with Gasteiger partial charge in [0.2, 0.25) is 0 Å². The van der Waals surface area contributed by atoms with Gasteiger partial charge in [0.1, 0.15) is 0 Å². The fraction of sp³-hybridized carbons (Fsp3) is 0.278. The van der Waals surface area contributed by atoms with Crippen LogP contribution < -0.4 is 10.6 Å². The van der Waals surface area contributed by atoms with Crippen LogP contribution in [0.4, 0.5) is 10.5 Å². The van der Waals surface area contributed by atoms with E-state index in [-0.39, 0.29) is 13.2 Å². The van der Waals surface area contributed by atoms with Gasteiger partial charge in [0.25, 0.3) is 0 Å². The van der Waals surface area contributed by atoms with Gasteiger partial charge in [0, 0.05) is 5.69 Å². The van der Waals surface area contributed by atoms with Crippen molar-refractivity contribution in [2.45, 2.75) is 19.6 Å². The molecule has 6 nitrogen and oxygen atoms in total. The standard InChI is InChI=1S/C18H21Cl2N2O4P/c1-3-25-27(24,26-4-2)17(13-8-6-5-7-9-13)22-18(23)21-14-10-11-15(19)16(20)12-14/h5-12,17H,3-4H2,1-2H3,(H2,21,22,23). The average Bonchev–Trinajstić information content (AvgIpc) is 2.64. The lowest BCUT2D eigenvalue weighted by molar-refractivity contribution is 0.205. The zero-order chi connectivity index (χ0) is 19.9. The molecule has 0 radical (unpaired) electrons. The third kappa shape index (κ3) is 5.96. The fourth-order valence-corrected chi connectivity index (χ4v) is 4.59. The highest BCUT2D eigenvalue weighted by Gasteiger charge is 2.38. The van der Waals surface area contributed by atoms with E-state index >= 15 is 0 Å². The van der Waals surface area contributed by atoms with E-state index in [2.05, 4.69) is 10.6 Å². The molecule has 9 heteroatoms. The van der Waals surface area contributed by atoms with Gasteiger partial charge in [-0.3, -0.25) is 4.57 Å². The van der Waals surface area contributed by atoms with E-state index in [4.69, 9.17) is 32.2 Å². The van der Waals surface area contributed by atoms with Crippen LogP contribution in [0, 0.1) is 0 Å². The highest BCUT2D eigenvalue weighted by molar-refractivity contribution is 7.54. The summed E-state index contributed by atoms with van der Waals surface area (Å²) in [5.74, 6) is -0.971. The van der Waals surface area contributed by atoms with Crippen LogP contribution in [0.2, 0.25) is 10.0 Å². The molecular formula is C18H21Cl2N2O4P. The van der Waals surface area contributed by atoms with Crippen LogP contribution in [0.1, 0.15) is 25.2 Å². The van der Waals surface area contributed by atoms with Crippen LogP contribution in [-0.4, -0.2) is 19.2 Å². The molecule has 2 N–H and O–H groups in total. The molecule has 27 heavy (non-hydrogen) atoms. The third-order valence-electron chi connectivity index (χ3n) is 3.49. The molecular weight excluding hydrogens is 410 g/mol. The Balaban J connectivity index is 2.26. The van der Waals surface area contributed by atoms with Crippen molar-refractivity contribution < 1.29 is 18.4 Å². The number of urea groups is 1. The van der Waals surface area contributed by atoms with Gasteiger partial charge in [0.15, 0.2) is 5.78 Å². The number of hydrogen-bond acceptors (Lipinski definition) is 4. The van der Waals surface area contributed by atoms with E-state index in [0.29, 0.717) is 21.3 Å². The predicted molar refractivity (Wildman–Crippen MR) is 109 cm³/mol. The van der Waals surface area contributed by atoms with E-state index in [1.54, 1.807) is 50.2 Å². The Morgan fingerprint density at radius 2 is 1.67 bits per heavy atom. The number of carbonyl (C=O) groups excluding carboxylic acids is 1. The Labute approximate surface area is 168 Å². The van der Waals surface area contributed by atoms with Crippen LogP contribution in [0.15, 0.2) is 48.5 Å². The molecule has 0 aliphatic carbocycles. The molecule has 0 saturated carbocycles. The number of nitrogens with one attached hydrogen (secondary N) is 2. The van der Waals surface area contributed by atoms with Gasteiger partial charge in [-0.05, 0) is 37.6 Å². The quantitative estimate of drug-likeness (QED) is 0.497.